The van der Waals surface area contributed by atoms with Crippen molar-refractivity contribution >= 4 is 47.5 Å². The number of hydrogen-bond acceptors (Lipinski definition) is 12. The van der Waals surface area contributed by atoms with Crippen LogP contribution in [0.5, 0.6) is 17.4 Å². The molecule has 246 valence electrons. The molecule has 18 heteroatoms. The fraction of sp³-hybridized carbons (Fsp3) is 0.379. The second-order valence-electron chi connectivity index (χ2n) is 10.5. The minimum atomic E-state index is -0.662. The highest BCUT2D eigenvalue weighted by Gasteiger charge is 2.35. The van der Waals surface area contributed by atoms with E-state index in [2.05, 4.69) is 31.9 Å². The van der Waals surface area contributed by atoms with E-state index in [-0.39, 0.29) is 44.8 Å². The fourth-order valence-corrected chi connectivity index (χ4v) is 8.06. The van der Waals surface area contributed by atoms with Gasteiger partial charge in [0.05, 0.1) is 37.3 Å². The van der Waals surface area contributed by atoms with Crippen LogP contribution in [0.2, 0.25) is 0 Å². The second-order valence-corrected chi connectivity index (χ2v) is 15.9. The molecule has 2 aromatic heterocycles. The monoisotopic (exact) mass is 698 g/mol. The zero-order valence-corrected chi connectivity index (χ0v) is 28.2. The van der Waals surface area contributed by atoms with E-state index in [1.807, 2.05) is 0 Å². The molecule has 0 radical (unpaired) electrons. The number of unbranched alkanes of at least 4 members (excludes halogenated alkanes) is 1. The van der Waals surface area contributed by atoms with Crippen molar-refractivity contribution in [2.75, 3.05) is 18.5 Å². The third-order valence-electron chi connectivity index (χ3n) is 7.23. The van der Waals surface area contributed by atoms with Gasteiger partial charge in [-0.05, 0) is 67.5 Å². The lowest BCUT2D eigenvalue weighted by Crippen LogP contribution is -2.22. The van der Waals surface area contributed by atoms with E-state index in [1.165, 1.54) is 0 Å². The Morgan fingerprint density at radius 1 is 1.23 bits per heavy atom. The number of rotatable bonds is 16. The summed E-state index contributed by atoms with van der Waals surface area (Å²) in [6, 6.07) is 11.7. The molecule has 0 aliphatic carbocycles. The quantitative estimate of drug-likeness (QED) is 0.0251. The first-order chi connectivity index (χ1) is 22.9. The van der Waals surface area contributed by atoms with Crippen LogP contribution in [-0.4, -0.2) is 55.6 Å². The zero-order chi connectivity index (χ0) is 33.2. The summed E-state index contributed by atoms with van der Waals surface area (Å²) in [6.07, 6.45) is 2.89. The first-order valence-corrected chi connectivity index (χ1v) is 19.6. The number of hydrogen-bond donors (Lipinski definition) is 2. The van der Waals surface area contributed by atoms with Crippen LogP contribution in [0.3, 0.4) is 0 Å². The number of aliphatic hydroxyl groups is 1. The van der Waals surface area contributed by atoms with Gasteiger partial charge in [-0.3, -0.25) is 9.13 Å². The van der Waals surface area contributed by atoms with Crippen molar-refractivity contribution in [2.24, 2.45) is 5.11 Å². The number of nitrogens with two attached hydrogens (primary N) is 1. The first kappa shape index (κ1) is 34.4. The average molecular weight is 699 g/mol. The number of ether oxygens (including phenoxy) is 4. The van der Waals surface area contributed by atoms with Crippen molar-refractivity contribution < 1.29 is 33.4 Å². The van der Waals surface area contributed by atoms with Crippen LogP contribution in [0.15, 0.2) is 53.9 Å². The number of fused-ring (bicyclic) bond motifs is 1. The van der Waals surface area contributed by atoms with Crippen molar-refractivity contribution in [3.63, 3.8) is 0 Å². The van der Waals surface area contributed by atoms with Gasteiger partial charge in [0.2, 0.25) is 11.8 Å². The number of anilines is 1. The number of carbonyl (C=O) groups is 1. The minimum Gasteiger partial charge on any atom is -0.494 e. The molecule has 3 heterocycles. The summed E-state index contributed by atoms with van der Waals surface area (Å²) >= 11 is 0. The van der Waals surface area contributed by atoms with Crippen LogP contribution in [0.25, 0.3) is 21.6 Å². The largest absolute Gasteiger partial charge is 0.494 e. The lowest BCUT2D eigenvalue weighted by atomic mass is 10.1. The summed E-state index contributed by atoms with van der Waals surface area (Å²) in [5, 5.41) is 14.1. The highest BCUT2D eigenvalue weighted by molar-refractivity contribution is 8.40. The van der Waals surface area contributed by atoms with Gasteiger partial charge < -0.3 is 29.8 Å². The maximum Gasteiger partial charge on any atom is 0.343 e. The standard InChI is InChI=1S/C29H33N8O7P3/c1-2-3-10-41-20-8-9-21(18(11-20)13-33-36-31)28(39)43-19-6-4-17(5-7-19)14-42-27-25-26(34-29(30)35-27)37(16-32-25)24-12-22(38)23(44-24)15-45-47-46-40/h4-9,11,16,22-24,38,45,47H,2-3,10,12-15H2,1H3,(H2,30,34,35). The molecule has 47 heavy (non-hydrogen) atoms. The van der Waals surface area contributed by atoms with Gasteiger partial charge >= 0.3 is 5.97 Å². The molecule has 3 N–H and O–H groups in total. The van der Waals surface area contributed by atoms with Gasteiger partial charge in [-0.25, -0.2) is 9.78 Å². The maximum atomic E-state index is 13.0. The van der Waals surface area contributed by atoms with Crippen LogP contribution in [0.4, 0.5) is 5.95 Å². The van der Waals surface area contributed by atoms with Crippen LogP contribution in [0, 0.1) is 0 Å². The summed E-state index contributed by atoms with van der Waals surface area (Å²) in [4.78, 5) is 28.8. The number of benzene rings is 2. The van der Waals surface area contributed by atoms with Crippen molar-refractivity contribution in [3.8, 4) is 17.4 Å². The van der Waals surface area contributed by atoms with E-state index in [4.69, 9.17) is 30.2 Å². The van der Waals surface area contributed by atoms with Gasteiger partial charge in [0.25, 0.3) is 0 Å². The van der Waals surface area contributed by atoms with Crippen LogP contribution >= 0.6 is 24.4 Å². The van der Waals surface area contributed by atoms with E-state index >= 15 is 0 Å². The highest BCUT2D eigenvalue weighted by atomic mass is 32.4. The Morgan fingerprint density at radius 3 is 2.81 bits per heavy atom. The lowest BCUT2D eigenvalue weighted by Gasteiger charge is -2.15. The number of aliphatic hydroxyl groups excluding tert-OH is 1. The molecule has 1 aliphatic heterocycles. The Labute approximate surface area is 274 Å². The molecule has 1 fully saturated rings. The second kappa shape index (κ2) is 16.7. The molecule has 0 saturated carbocycles. The molecule has 1 aliphatic rings. The summed E-state index contributed by atoms with van der Waals surface area (Å²) in [7, 11) is 0.852. The molecule has 5 atom stereocenters. The molecule has 5 unspecified atom stereocenters. The Kier molecular flexibility index (Phi) is 12.3. The minimum absolute atomic E-state index is 0.0101. The van der Waals surface area contributed by atoms with Gasteiger partial charge in [0, 0.05) is 11.3 Å². The number of aromatic nitrogens is 4. The molecular formula is C29H33N8O7P3. The van der Waals surface area contributed by atoms with E-state index in [1.54, 1.807) is 53.4 Å². The number of nitrogens with zero attached hydrogens (tertiary/aromatic N) is 7. The van der Waals surface area contributed by atoms with Gasteiger partial charge in [-0.1, -0.05) is 38.9 Å². The van der Waals surface area contributed by atoms with E-state index in [9.17, 15) is 14.5 Å². The Balaban J connectivity index is 1.23. The third-order valence-corrected chi connectivity index (χ3v) is 11.7. The summed E-state index contributed by atoms with van der Waals surface area (Å²) in [6.45, 7) is 2.70. The molecule has 0 bridgehead atoms. The number of esters is 1. The normalized spacial score (nSPS) is 18.0. The number of azide groups is 1. The lowest BCUT2D eigenvalue weighted by molar-refractivity contribution is -0.00389. The van der Waals surface area contributed by atoms with E-state index in [0.717, 1.165) is 18.4 Å². The number of nitrogen functional groups attached to an aromatic ring is 1. The van der Waals surface area contributed by atoms with Crippen molar-refractivity contribution in [1.29, 1.82) is 0 Å². The van der Waals surface area contributed by atoms with Crippen LogP contribution in [-0.2, 0) is 22.5 Å². The predicted octanol–water partition coefficient (Wildman–Crippen LogP) is 6.32. The number of carbonyl (C=O) groups excluding carboxylic acids is 1. The van der Waals surface area contributed by atoms with Crippen molar-refractivity contribution in [1.82, 2.24) is 19.5 Å². The SMILES string of the molecule is CCCCOc1ccc(C(=O)Oc2ccc(COc3nc(N)nc4c3ncn4C3CC(O)C(CPPP=O)O3)cc2)c(CN=[N+]=[N-])c1. The molecule has 0 spiro atoms. The van der Waals surface area contributed by atoms with Gasteiger partial charge in [-0.15, -0.1) is 0 Å². The summed E-state index contributed by atoms with van der Waals surface area (Å²) in [5.74, 6) is 0.474. The Hall–Kier alpha value is -3.95. The predicted molar refractivity (Wildman–Crippen MR) is 179 cm³/mol. The smallest absolute Gasteiger partial charge is 0.343 e. The summed E-state index contributed by atoms with van der Waals surface area (Å²) in [5.41, 5.74) is 17.1. The van der Waals surface area contributed by atoms with E-state index < -0.39 is 18.3 Å². The van der Waals surface area contributed by atoms with Gasteiger partial charge in [0.15, 0.2) is 19.3 Å². The zero-order valence-electron chi connectivity index (χ0n) is 25.4. The Morgan fingerprint density at radius 2 is 2.04 bits per heavy atom. The molecule has 0 amide bonds. The molecule has 4 aromatic rings. The molecule has 2 aromatic carbocycles. The molecule has 15 nitrogen and oxygen atoms in total. The topological polar surface area (TPSA) is 210 Å². The summed E-state index contributed by atoms with van der Waals surface area (Å²) < 4.78 is 35.8. The third kappa shape index (κ3) is 8.90. The van der Waals surface area contributed by atoms with E-state index in [0.29, 0.717) is 63.6 Å². The Bertz CT molecular complexity index is 1750. The fourth-order valence-electron chi connectivity index (χ4n) is 4.87. The van der Waals surface area contributed by atoms with Crippen molar-refractivity contribution in [2.45, 2.75) is 57.8 Å². The average Bonchev–Trinajstić information content (AvgIpc) is 3.66. The molecular weight excluding hydrogens is 665 g/mol. The van der Waals surface area contributed by atoms with Gasteiger partial charge in [-0.2, -0.15) is 9.97 Å². The first-order valence-electron chi connectivity index (χ1n) is 14.7. The maximum absolute atomic E-state index is 13.0. The van der Waals surface area contributed by atoms with Crippen LogP contribution in [0.1, 0.15) is 53.9 Å². The molecule has 5 rings (SSSR count). The molecule has 1 saturated heterocycles. The van der Waals surface area contributed by atoms with Gasteiger partial charge in [0.1, 0.15) is 24.3 Å². The number of imidazole rings is 1. The van der Waals surface area contributed by atoms with Crippen molar-refractivity contribution in [3.05, 3.63) is 75.9 Å². The highest BCUT2D eigenvalue weighted by Crippen LogP contribution is 2.48. The van der Waals surface area contributed by atoms with Crippen LogP contribution < -0.4 is 19.9 Å².